The second-order valence-electron chi connectivity index (χ2n) is 2.97. The molecule has 0 bridgehead atoms. The smallest absolute Gasteiger partial charge is 0.183 e. The SMILES string of the molecule is C=C(Nc1cc(N)ccc1C=N)OCC. The van der Waals surface area contributed by atoms with Crippen LogP contribution in [-0.4, -0.2) is 12.8 Å². The number of hydrogen-bond acceptors (Lipinski definition) is 4. The van der Waals surface area contributed by atoms with Gasteiger partial charge in [0.2, 0.25) is 0 Å². The highest BCUT2D eigenvalue weighted by atomic mass is 16.5. The van der Waals surface area contributed by atoms with Crippen molar-refractivity contribution in [2.45, 2.75) is 6.92 Å². The van der Waals surface area contributed by atoms with Crippen LogP contribution in [0.1, 0.15) is 12.5 Å². The topological polar surface area (TPSA) is 71.1 Å². The Bertz CT molecular complexity index is 374. The average Bonchev–Trinajstić information content (AvgIpc) is 2.18. The molecule has 0 saturated carbocycles. The fourth-order valence-electron chi connectivity index (χ4n) is 1.17. The Balaban J connectivity index is 2.87. The molecule has 1 rings (SSSR count). The average molecular weight is 205 g/mol. The van der Waals surface area contributed by atoms with E-state index in [1.165, 1.54) is 6.21 Å². The van der Waals surface area contributed by atoms with Gasteiger partial charge in [-0.1, -0.05) is 0 Å². The molecule has 1 aromatic carbocycles. The summed E-state index contributed by atoms with van der Waals surface area (Å²) in [5.41, 5.74) is 7.74. The van der Waals surface area contributed by atoms with E-state index >= 15 is 0 Å². The van der Waals surface area contributed by atoms with E-state index in [4.69, 9.17) is 15.9 Å². The van der Waals surface area contributed by atoms with Crippen molar-refractivity contribution in [1.82, 2.24) is 0 Å². The Labute approximate surface area is 89.3 Å². The Hall–Kier alpha value is -1.97. The van der Waals surface area contributed by atoms with Gasteiger partial charge < -0.3 is 21.2 Å². The Morgan fingerprint density at radius 1 is 1.67 bits per heavy atom. The maximum absolute atomic E-state index is 7.22. The molecule has 0 saturated heterocycles. The maximum Gasteiger partial charge on any atom is 0.183 e. The summed E-state index contributed by atoms with van der Waals surface area (Å²) in [6.45, 7) is 6.12. The predicted octanol–water partition coefficient (Wildman–Crippen LogP) is 2.19. The summed E-state index contributed by atoms with van der Waals surface area (Å²) in [5.74, 6) is 0.450. The van der Waals surface area contributed by atoms with E-state index in [0.717, 1.165) is 11.3 Å². The van der Waals surface area contributed by atoms with Gasteiger partial charge in [0.25, 0.3) is 0 Å². The van der Waals surface area contributed by atoms with Crippen LogP contribution >= 0.6 is 0 Å². The molecule has 0 unspecified atom stereocenters. The van der Waals surface area contributed by atoms with E-state index in [1.54, 1.807) is 18.2 Å². The minimum absolute atomic E-state index is 0.450. The molecule has 15 heavy (non-hydrogen) atoms. The summed E-state index contributed by atoms with van der Waals surface area (Å²) >= 11 is 0. The first-order valence-electron chi connectivity index (χ1n) is 4.66. The first-order chi connectivity index (χ1) is 7.17. The zero-order valence-corrected chi connectivity index (χ0v) is 8.71. The summed E-state index contributed by atoms with van der Waals surface area (Å²) in [5, 5.41) is 10.2. The van der Waals surface area contributed by atoms with E-state index in [2.05, 4.69) is 11.9 Å². The van der Waals surface area contributed by atoms with Gasteiger partial charge in [-0.15, -0.1) is 0 Å². The second-order valence-corrected chi connectivity index (χ2v) is 2.97. The van der Waals surface area contributed by atoms with Crippen molar-refractivity contribution in [1.29, 1.82) is 5.41 Å². The van der Waals surface area contributed by atoms with E-state index in [1.807, 2.05) is 6.92 Å². The van der Waals surface area contributed by atoms with E-state index in [-0.39, 0.29) is 0 Å². The van der Waals surface area contributed by atoms with Crippen molar-refractivity contribution in [2.75, 3.05) is 17.7 Å². The number of nitrogens with one attached hydrogen (secondary N) is 2. The number of anilines is 2. The van der Waals surface area contributed by atoms with Crippen LogP contribution in [0.5, 0.6) is 0 Å². The quantitative estimate of drug-likeness (QED) is 0.392. The highest BCUT2D eigenvalue weighted by Gasteiger charge is 2.02. The normalized spacial score (nSPS) is 9.40. The summed E-state index contributed by atoms with van der Waals surface area (Å²) in [6.07, 6.45) is 1.25. The molecule has 0 amide bonds. The molecule has 4 N–H and O–H groups in total. The Morgan fingerprint density at radius 2 is 2.40 bits per heavy atom. The molecular weight excluding hydrogens is 190 g/mol. The molecule has 80 valence electrons. The number of ether oxygens (including phenoxy) is 1. The number of nitrogen functional groups attached to an aromatic ring is 1. The first-order valence-corrected chi connectivity index (χ1v) is 4.66. The lowest BCUT2D eigenvalue weighted by atomic mass is 10.1. The molecule has 0 atom stereocenters. The van der Waals surface area contributed by atoms with Gasteiger partial charge in [-0.25, -0.2) is 0 Å². The number of benzene rings is 1. The van der Waals surface area contributed by atoms with Gasteiger partial charge in [0, 0.05) is 17.5 Å². The van der Waals surface area contributed by atoms with Gasteiger partial charge in [-0.3, -0.25) is 0 Å². The molecule has 1 aromatic rings. The molecular formula is C11H15N3O. The molecule has 0 radical (unpaired) electrons. The predicted molar refractivity (Wildman–Crippen MR) is 63.1 cm³/mol. The van der Waals surface area contributed by atoms with Gasteiger partial charge in [-0.2, -0.15) is 0 Å². The number of hydrogen-bond donors (Lipinski definition) is 3. The van der Waals surface area contributed by atoms with Crippen LogP contribution in [-0.2, 0) is 4.74 Å². The number of nitrogens with two attached hydrogens (primary N) is 1. The highest BCUT2D eigenvalue weighted by molar-refractivity contribution is 5.87. The highest BCUT2D eigenvalue weighted by Crippen LogP contribution is 2.19. The van der Waals surface area contributed by atoms with E-state index < -0.39 is 0 Å². The third-order valence-electron chi connectivity index (χ3n) is 1.83. The van der Waals surface area contributed by atoms with Gasteiger partial charge >= 0.3 is 0 Å². The van der Waals surface area contributed by atoms with Crippen LogP contribution in [0.25, 0.3) is 0 Å². The van der Waals surface area contributed by atoms with E-state index in [0.29, 0.717) is 18.2 Å². The summed E-state index contributed by atoms with van der Waals surface area (Å²) < 4.78 is 5.16. The van der Waals surface area contributed by atoms with Crippen LogP contribution in [0.4, 0.5) is 11.4 Å². The lowest BCUT2D eigenvalue weighted by Gasteiger charge is -2.12. The third-order valence-corrected chi connectivity index (χ3v) is 1.83. The van der Waals surface area contributed by atoms with Crippen LogP contribution < -0.4 is 11.1 Å². The maximum atomic E-state index is 7.22. The van der Waals surface area contributed by atoms with Crippen molar-refractivity contribution in [3.8, 4) is 0 Å². The Kier molecular flexibility index (Phi) is 3.74. The van der Waals surface area contributed by atoms with Crippen molar-refractivity contribution in [2.24, 2.45) is 0 Å². The van der Waals surface area contributed by atoms with Crippen LogP contribution in [0.3, 0.4) is 0 Å². The van der Waals surface area contributed by atoms with Crippen molar-refractivity contribution in [3.63, 3.8) is 0 Å². The molecule has 0 fully saturated rings. The fourth-order valence-corrected chi connectivity index (χ4v) is 1.17. The molecule has 0 aliphatic rings. The van der Waals surface area contributed by atoms with Crippen LogP contribution in [0.2, 0.25) is 0 Å². The molecule has 4 heteroatoms. The number of rotatable bonds is 5. The Morgan fingerprint density at radius 3 is 3.00 bits per heavy atom. The monoisotopic (exact) mass is 205 g/mol. The fraction of sp³-hybridized carbons (Fsp3) is 0.182. The summed E-state index contributed by atoms with van der Waals surface area (Å²) in [4.78, 5) is 0. The molecule has 0 aliphatic carbocycles. The summed E-state index contributed by atoms with van der Waals surface area (Å²) in [6, 6.07) is 5.25. The molecule has 0 aliphatic heterocycles. The molecule has 0 spiro atoms. The zero-order chi connectivity index (χ0) is 11.3. The van der Waals surface area contributed by atoms with Crippen LogP contribution in [0, 0.1) is 5.41 Å². The molecule has 0 aromatic heterocycles. The van der Waals surface area contributed by atoms with Gasteiger partial charge in [0.15, 0.2) is 5.88 Å². The van der Waals surface area contributed by atoms with Gasteiger partial charge in [0.05, 0.1) is 12.3 Å². The molecule has 4 nitrogen and oxygen atoms in total. The van der Waals surface area contributed by atoms with Crippen LogP contribution in [0.15, 0.2) is 30.7 Å². The van der Waals surface area contributed by atoms with Gasteiger partial charge in [-0.05, 0) is 31.7 Å². The summed E-state index contributed by atoms with van der Waals surface area (Å²) in [7, 11) is 0. The minimum atomic E-state index is 0.450. The second kappa shape index (κ2) is 5.05. The van der Waals surface area contributed by atoms with E-state index in [9.17, 15) is 0 Å². The lowest BCUT2D eigenvalue weighted by molar-refractivity contribution is 0.236. The molecule has 0 heterocycles. The van der Waals surface area contributed by atoms with Crippen molar-refractivity contribution >= 4 is 17.6 Å². The third kappa shape index (κ3) is 3.02. The van der Waals surface area contributed by atoms with Crippen molar-refractivity contribution < 1.29 is 4.74 Å². The lowest BCUT2D eigenvalue weighted by Crippen LogP contribution is -2.05. The first kappa shape index (κ1) is 11.1. The standard InChI is InChI=1S/C11H15N3O/c1-3-15-8(2)14-11-6-10(13)5-4-9(11)7-12/h4-7,12,14H,2-3,13H2,1H3. The minimum Gasteiger partial charge on any atom is -0.480 e. The van der Waals surface area contributed by atoms with Crippen molar-refractivity contribution in [3.05, 3.63) is 36.2 Å². The largest absolute Gasteiger partial charge is 0.480 e. The zero-order valence-electron chi connectivity index (χ0n) is 8.71. The van der Waals surface area contributed by atoms with Gasteiger partial charge in [0.1, 0.15) is 0 Å².